The van der Waals surface area contributed by atoms with Gasteiger partial charge in [0.2, 0.25) is 11.2 Å². The number of carbonyl (C=O) groups excluding carboxylic acids is 2. The van der Waals surface area contributed by atoms with Gasteiger partial charge in [-0.05, 0) is 70.9 Å². The van der Waals surface area contributed by atoms with E-state index in [1.807, 2.05) is 11.6 Å². The Morgan fingerprint density at radius 1 is 1.09 bits per heavy atom. The lowest BCUT2D eigenvalue weighted by atomic mass is 9.97. The van der Waals surface area contributed by atoms with Gasteiger partial charge in [-0.25, -0.2) is 17.8 Å². The van der Waals surface area contributed by atoms with E-state index in [0.717, 1.165) is 33.5 Å². The summed E-state index contributed by atoms with van der Waals surface area (Å²) < 4.78 is 74.2. The van der Waals surface area contributed by atoms with Crippen LogP contribution in [-0.4, -0.2) is 59.9 Å². The molecule has 1 unspecified atom stereocenters. The van der Waals surface area contributed by atoms with Crippen molar-refractivity contribution < 1.29 is 45.7 Å². The second-order valence-electron chi connectivity index (χ2n) is 11.7. The highest BCUT2D eigenvalue weighted by Crippen LogP contribution is 2.33. The molecule has 13 nitrogen and oxygen atoms in total. The number of sulfonamides is 1. The Kier molecular flexibility index (Phi) is 11.6. The Labute approximate surface area is 270 Å². The zero-order valence-electron chi connectivity index (χ0n) is 26.7. The van der Waals surface area contributed by atoms with Gasteiger partial charge in [-0.15, -0.1) is 5.01 Å². The summed E-state index contributed by atoms with van der Waals surface area (Å²) in [6, 6.07) is 12.6. The van der Waals surface area contributed by atoms with Crippen LogP contribution >= 0.6 is 0 Å². The summed E-state index contributed by atoms with van der Waals surface area (Å²) >= 11 is 0. The number of aryl methyl sites for hydroxylation is 1. The molecule has 17 heteroatoms. The molecule has 0 saturated carbocycles. The predicted octanol–water partition coefficient (Wildman–Crippen LogP) is 5.52. The van der Waals surface area contributed by atoms with E-state index in [0.29, 0.717) is 12.0 Å². The molecule has 0 aliphatic carbocycles. The lowest BCUT2D eigenvalue weighted by Gasteiger charge is -2.19. The van der Waals surface area contributed by atoms with E-state index in [1.165, 1.54) is 26.1 Å². The lowest BCUT2D eigenvalue weighted by molar-refractivity contribution is -0.707. The number of hydrogen-bond acceptors (Lipinski definition) is 9. The van der Waals surface area contributed by atoms with Gasteiger partial charge in [0.15, 0.2) is 5.69 Å². The van der Waals surface area contributed by atoms with Gasteiger partial charge >= 0.3 is 12.1 Å². The van der Waals surface area contributed by atoms with E-state index >= 15 is 0 Å². The molecule has 0 fully saturated rings. The molecular formula is C30H37F3N6O7S. The molecular weight excluding hydrogens is 645 g/mol. The highest BCUT2D eigenvalue weighted by atomic mass is 32.2. The molecule has 0 saturated heterocycles. The van der Waals surface area contributed by atoms with Gasteiger partial charge in [-0.2, -0.15) is 18.3 Å². The summed E-state index contributed by atoms with van der Waals surface area (Å²) in [6.07, 6.45) is -5.44. The molecule has 1 aromatic heterocycles. The first kappa shape index (κ1) is 36.8. The number of halogens is 3. The number of hydrazine groups is 1. The summed E-state index contributed by atoms with van der Waals surface area (Å²) in [5.74, 6) is -1.32. The van der Waals surface area contributed by atoms with Crippen LogP contribution in [0.25, 0.3) is 16.9 Å². The number of carbonyl (C=O) groups is 2. The maximum atomic E-state index is 13.5. The standard InChI is InChI=1S/C30H37F3N6O7S/c1-20-10-12-22(13-11-20)25-19-26(30(31,32)33)34-38(25)23-14-16-24(17-15-23)47(43,44)35-27(40)9-7-8-18-37(6)39(42)36-46-21(2)45-28(41)29(3,4)5/h10-17,19,21H,7-9,18H2,1-6H3,(H,35,40)/b39-36-. The number of benzene rings is 2. The van der Waals surface area contributed by atoms with Gasteiger partial charge in [0.25, 0.3) is 16.3 Å². The Morgan fingerprint density at radius 2 is 1.70 bits per heavy atom. The zero-order chi connectivity index (χ0) is 35.2. The van der Waals surface area contributed by atoms with Crippen molar-refractivity contribution in [1.82, 2.24) is 19.5 Å². The van der Waals surface area contributed by atoms with Gasteiger partial charge < -0.3 is 9.94 Å². The van der Waals surface area contributed by atoms with Gasteiger partial charge in [0.1, 0.15) is 0 Å². The van der Waals surface area contributed by atoms with Gasteiger partial charge in [-0.1, -0.05) is 29.8 Å². The monoisotopic (exact) mass is 682 g/mol. The van der Waals surface area contributed by atoms with Crippen molar-refractivity contribution in [2.45, 2.75) is 71.2 Å². The summed E-state index contributed by atoms with van der Waals surface area (Å²) in [5.41, 5.74) is -0.142. The van der Waals surface area contributed by atoms with Gasteiger partial charge in [0, 0.05) is 18.9 Å². The average molecular weight is 683 g/mol. The first-order chi connectivity index (χ1) is 21.8. The van der Waals surface area contributed by atoms with Crippen LogP contribution in [0.4, 0.5) is 13.2 Å². The van der Waals surface area contributed by atoms with Crippen LogP contribution in [0, 0.1) is 17.5 Å². The minimum absolute atomic E-state index is 0.141. The van der Waals surface area contributed by atoms with Crippen LogP contribution < -0.4 is 4.72 Å². The maximum absolute atomic E-state index is 13.5. The van der Waals surface area contributed by atoms with Gasteiger partial charge in [0.05, 0.1) is 40.3 Å². The molecule has 3 rings (SSSR count). The van der Waals surface area contributed by atoms with Crippen molar-refractivity contribution in [3.63, 3.8) is 0 Å². The number of amides is 1. The second-order valence-corrected chi connectivity index (χ2v) is 13.4. The minimum Gasteiger partial charge on any atom is -0.569 e. The molecule has 1 amide bonds. The minimum atomic E-state index is -4.70. The number of esters is 1. The number of hydrogen-bond donors (Lipinski definition) is 1. The van der Waals surface area contributed by atoms with Crippen molar-refractivity contribution in [2.75, 3.05) is 13.6 Å². The number of ether oxygens (including phenoxy) is 1. The third kappa shape index (κ3) is 10.4. The molecule has 3 aromatic rings. The summed E-state index contributed by atoms with van der Waals surface area (Å²) in [7, 11) is -2.88. The van der Waals surface area contributed by atoms with Crippen LogP contribution in [0.5, 0.6) is 0 Å². The SMILES string of the molecule is Cc1ccc(-c2cc(C(F)(F)F)nn2-c2ccc(S(=O)(=O)NC(=O)CCCCN(C)/[N+]([O-])=N/OC(C)OC(=O)C(C)(C)C)cc2)cc1. The quantitative estimate of drug-likeness (QED) is 0.0612. The molecule has 0 radical (unpaired) electrons. The number of aromatic nitrogens is 2. The number of nitrogens with zero attached hydrogens (tertiary/aromatic N) is 5. The van der Waals surface area contributed by atoms with E-state index in [1.54, 1.807) is 45.0 Å². The lowest BCUT2D eigenvalue weighted by Crippen LogP contribution is -2.31. The smallest absolute Gasteiger partial charge is 0.435 e. The third-order valence-corrected chi connectivity index (χ3v) is 7.95. The highest BCUT2D eigenvalue weighted by molar-refractivity contribution is 7.90. The number of unbranched alkanes of at least 4 members (excludes halogenated alkanes) is 1. The molecule has 1 N–H and O–H groups in total. The molecule has 47 heavy (non-hydrogen) atoms. The molecule has 0 aliphatic rings. The molecule has 1 heterocycles. The molecule has 0 aliphatic heterocycles. The van der Waals surface area contributed by atoms with Crippen molar-refractivity contribution >= 4 is 21.9 Å². The van der Waals surface area contributed by atoms with E-state index in [2.05, 4.69) is 10.4 Å². The largest absolute Gasteiger partial charge is 0.569 e. The van der Waals surface area contributed by atoms with Crippen molar-refractivity contribution in [1.29, 1.82) is 0 Å². The normalized spacial score (nSPS) is 13.2. The molecule has 0 bridgehead atoms. The highest BCUT2D eigenvalue weighted by Gasteiger charge is 2.35. The predicted molar refractivity (Wildman–Crippen MR) is 163 cm³/mol. The summed E-state index contributed by atoms with van der Waals surface area (Å²) in [5, 5.41) is 20.2. The Morgan fingerprint density at radius 3 is 2.28 bits per heavy atom. The second kappa shape index (κ2) is 14.8. The van der Waals surface area contributed by atoms with E-state index in [9.17, 15) is 36.4 Å². The van der Waals surface area contributed by atoms with Crippen LogP contribution in [0.2, 0.25) is 0 Å². The summed E-state index contributed by atoms with van der Waals surface area (Å²) in [4.78, 5) is 29.0. The first-order valence-electron chi connectivity index (χ1n) is 14.4. The molecule has 256 valence electrons. The molecule has 1 atom stereocenters. The fraction of sp³-hybridized carbons (Fsp3) is 0.433. The molecule has 2 aromatic carbocycles. The fourth-order valence-electron chi connectivity index (χ4n) is 3.90. The number of alkyl halides is 3. The van der Waals surface area contributed by atoms with E-state index < -0.39 is 45.5 Å². The number of nitrogens with one attached hydrogen (secondary N) is 1. The van der Waals surface area contributed by atoms with E-state index in [4.69, 9.17) is 9.57 Å². The van der Waals surface area contributed by atoms with Crippen LogP contribution in [0.1, 0.15) is 58.2 Å². The Hall–Kier alpha value is -4.67. The Balaban J connectivity index is 1.56. The van der Waals surface area contributed by atoms with Crippen LogP contribution in [0.15, 0.2) is 64.8 Å². The average Bonchev–Trinajstić information content (AvgIpc) is 3.44. The maximum Gasteiger partial charge on any atom is 0.435 e. The summed E-state index contributed by atoms with van der Waals surface area (Å²) in [6.45, 7) is 8.36. The number of rotatable bonds is 13. The Bertz CT molecular complexity index is 1680. The van der Waals surface area contributed by atoms with Crippen molar-refractivity contribution in [2.24, 2.45) is 10.7 Å². The van der Waals surface area contributed by atoms with Crippen molar-refractivity contribution in [3.8, 4) is 16.9 Å². The molecule has 0 spiro atoms. The first-order valence-corrected chi connectivity index (χ1v) is 15.9. The third-order valence-electron chi connectivity index (χ3n) is 6.57. The van der Waals surface area contributed by atoms with Crippen molar-refractivity contribution in [3.05, 3.63) is 71.1 Å². The zero-order valence-corrected chi connectivity index (χ0v) is 27.6. The fourth-order valence-corrected chi connectivity index (χ4v) is 4.92. The topological polar surface area (TPSA) is 158 Å². The van der Waals surface area contributed by atoms with Crippen LogP contribution in [0.3, 0.4) is 0 Å². The van der Waals surface area contributed by atoms with Crippen LogP contribution in [-0.2, 0) is 35.4 Å². The van der Waals surface area contributed by atoms with Gasteiger partial charge in [-0.3, -0.25) is 14.4 Å². The van der Waals surface area contributed by atoms with E-state index in [-0.39, 0.29) is 40.6 Å².